The van der Waals surface area contributed by atoms with Crippen molar-refractivity contribution in [3.05, 3.63) is 77.9 Å². The minimum absolute atomic E-state index is 0. The molecule has 0 radical (unpaired) electrons. The number of hydrogen-bond acceptors (Lipinski definition) is 10. The van der Waals surface area contributed by atoms with Crippen LogP contribution in [0.1, 0.15) is 11.1 Å². The van der Waals surface area contributed by atoms with Crippen molar-refractivity contribution in [2.24, 2.45) is 20.5 Å². The van der Waals surface area contributed by atoms with Crippen LogP contribution in [0.2, 0.25) is 0 Å². The molecule has 0 amide bonds. The molecule has 198 valence electrons. The average Bonchev–Trinajstić information content (AvgIpc) is 2.92. The van der Waals surface area contributed by atoms with Gasteiger partial charge in [0.1, 0.15) is 27.8 Å². The van der Waals surface area contributed by atoms with Crippen molar-refractivity contribution >= 4 is 61.8 Å². The van der Waals surface area contributed by atoms with Gasteiger partial charge in [-0.15, -0.1) is 0 Å². The Morgan fingerprint density at radius 1 is 0.718 bits per heavy atom. The Labute approximate surface area is 246 Å². The second-order valence-corrected chi connectivity index (χ2v) is 9.36. The zero-order valence-electron chi connectivity index (χ0n) is 20.4. The fourth-order valence-corrected chi connectivity index (χ4v) is 4.60. The van der Waals surface area contributed by atoms with Crippen molar-refractivity contribution in [3.63, 3.8) is 0 Å². The summed E-state index contributed by atoms with van der Waals surface area (Å²) in [4.78, 5) is -0.544. The third-order valence-corrected chi connectivity index (χ3v) is 6.57. The molecule has 0 aliphatic carbocycles. The van der Waals surface area contributed by atoms with Gasteiger partial charge in [0, 0.05) is 21.9 Å². The summed E-state index contributed by atoms with van der Waals surface area (Å²) in [6.45, 7) is 0.101. The number of hydrogen-bond donors (Lipinski definition) is 3. The molecule has 13 heteroatoms. The number of aromatic hydroxyl groups is 2. The van der Waals surface area contributed by atoms with Gasteiger partial charge < -0.3 is 19.7 Å². The molecule has 0 fully saturated rings. The predicted molar refractivity (Wildman–Crippen MR) is 147 cm³/mol. The van der Waals surface area contributed by atoms with Gasteiger partial charge in [0.2, 0.25) is 0 Å². The Balaban J connectivity index is 0.00000420. The summed E-state index contributed by atoms with van der Waals surface area (Å²) in [6.07, 6.45) is 0. The summed E-state index contributed by atoms with van der Waals surface area (Å²) in [6, 6.07) is 18.2. The predicted octanol–water partition coefficient (Wildman–Crippen LogP) is 5.43. The second kappa shape index (κ2) is 13.0. The van der Waals surface area contributed by atoms with E-state index in [2.05, 4.69) is 20.5 Å². The van der Waals surface area contributed by atoms with Gasteiger partial charge in [-0.2, -0.15) is 28.9 Å². The molecule has 39 heavy (non-hydrogen) atoms. The number of para-hydroxylation sites is 2. The molecular weight excluding hydrogens is 535 g/mol. The van der Waals surface area contributed by atoms with Gasteiger partial charge >= 0.3 is 29.6 Å². The number of nitrogens with zero attached hydrogens (tertiary/aromatic N) is 4. The van der Waals surface area contributed by atoms with Gasteiger partial charge in [-0.25, -0.2) is 0 Å². The first-order valence-corrected chi connectivity index (χ1v) is 12.7. The van der Waals surface area contributed by atoms with Gasteiger partial charge in [0.25, 0.3) is 10.1 Å². The number of phenols is 2. The number of rotatable bonds is 9. The van der Waals surface area contributed by atoms with Crippen LogP contribution >= 0.6 is 0 Å². The average molecular weight is 561 g/mol. The molecule has 0 heterocycles. The number of phenolic OH excluding ortho intramolecular Hbond substituents is 2. The Morgan fingerprint density at radius 3 is 1.72 bits per heavy atom. The van der Waals surface area contributed by atoms with Crippen molar-refractivity contribution in [1.29, 1.82) is 0 Å². The van der Waals surface area contributed by atoms with E-state index in [1.165, 1.54) is 26.4 Å². The Morgan fingerprint density at radius 2 is 1.21 bits per heavy atom. The maximum absolute atomic E-state index is 12.2. The van der Waals surface area contributed by atoms with Gasteiger partial charge in [0.15, 0.2) is 11.5 Å². The molecule has 0 saturated heterocycles. The van der Waals surface area contributed by atoms with Crippen molar-refractivity contribution in [3.8, 4) is 23.0 Å². The SMILES string of the molecule is COc1ccccc1CN=Nc1c(O)c(O)c(N=NCc2ccccc2OC)c2c(S(=O)(=O)O)cccc12.[NaH]. The standard InChI is InChI=1S/C26H24N4O7S.Na.H/c1-36-19-11-5-3-8-16(19)14-27-29-23-18-10-7-13-21(38(33,34)35)22(18)24(26(32)25(23)31)30-28-15-17-9-4-6-12-20(17)37-2;;/h3-13,31-32H,14-15H2,1-2H3,(H,33,34,35);;. The fraction of sp³-hybridized carbons (Fsp3) is 0.154. The molecule has 11 nitrogen and oxygen atoms in total. The Bertz CT molecular complexity index is 1660. The summed E-state index contributed by atoms with van der Waals surface area (Å²) in [7, 11) is -1.74. The third kappa shape index (κ3) is 6.54. The van der Waals surface area contributed by atoms with Crippen LogP contribution < -0.4 is 9.47 Å². The molecule has 0 saturated carbocycles. The zero-order chi connectivity index (χ0) is 27.3. The number of benzene rings is 4. The summed E-state index contributed by atoms with van der Waals surface area (Å²) >= 11 is 0. The van der Waals surface area contributed by atoms with Crippen molar-refractivity contribution in [2.45, 2.75) is 18.0 Å². The van der Waals surface area contributed by atoms with Gasteiger partial charge in [0.05, 0.1) is 27.3 Å². The van der Waals surface area contributed by atoms with E-state index in [-0.39, 0.29) is 64.8 Å². The molecule has 0 spiro atoms. The van der Waals surface area contributed by atoms with E-state index in [0.29, 0.717) is 22.6 Å². The minimum atomic E-state index is -4.76. The maximum atomic E-state index is 12.2. The van der Waals surface area contributed by atoms with E-state index in [1.54, 1.807) is 48.5 Å². The Hall–Kier alpha value is -3.55. The van der Waals surface area contributed by atoms with E-state index in [4.69, 9.17) is 9.47 Å². The number of fused-ring (bicyclic) bond motifs is 1. The molecule has 3 N–H and O–H groups in total. The Kier molecular flexibility index (Phi) is 10.0. The van der Waals surface area contributed by atoms with E-state index in [1.807, 2.05) is 0 Å². The monoisotopic (exact) mass is 560 g/mol. The zero-order valence-corrected chi connectivity index (χ0v) is 21.3. The molecule has 0 unspecified atom stereocenters. The molecule has 4 rings (SSSR count). The number of ether oxygens (including phenoxy) is 2. The van der Waals surface area contributed by atoms with E-state index < -0.39 is 26.5 Å². The summed E-state index contributed by atoms with van der Waals surface area (Å²) < 4.78 is 44.9. The quantitative estimate of drug-likeness (QED) is 0.106. The van der Waals surface area contributed by atoms with E-state index >= 15 is 0 Å². The van der Waals surface area contributed by atoms with Crippen molar-refractivity contribution in [2.75, 3.05) is 14.2 Å². The fourth-order valence-electron chi connectivity index (χ4n) is 3.89. The molecule has 0 atom stereocenters. The number of azo groups is 2. The first kappa shape index (κ1) is 30.0. The molecule has 4 aromatic rings. The van der Waals surface area contributed by atoms with E-state index in [0.717, 1.165) is 6.07 Å². The summed E-state index contributed by atoms with van der Waals surface area (Å²) in [5.41, 5.74) is 0.835. The first-order chi connectivity index (χ1) is 18.3. The summed E-state index contributed by atoms with van der Waals surface area (Å²) in [5, 5.41) is 37.8. The topological polar surface area (TPSA) is 163 Å². The van der Waals surface area contributed by atoms with Gasteiger partial charge in [-0.1, -0.05) is 48.5 Å². The van der Waals surface area contributed by atoms with Crippen LogP contribution in [0, 0.1) is 0 Å². The van der Waals surface area contributed by atoms with Gasteiger partial charge in [-0.05, 0) is 18.2 Å². The van der Waals surface area contributed by atoms with Crippen LogP contribution in [0.15, 0.2) is 92.1 Å². The van der Waals surface area contributed by atoms with Gasteiger partial charge in [-0.3, -0.25) is 4.55 Å². The van der Waals surface area contributed by atoms with Crippen LogP contribution in [0.25, 0.3) is 10.8 Å². The van der Waals surface area contributed by atoms with Crippen molar-refractivity contribution in [1.82, 2.24) is 0 Å². The normalized spacial score (nSPS) is 11.7. The second-order valence-electron chi connectivity index (χ2n) is 7.97. The van der Waals surface area contributed by atoms with Crippen LogP contribution in [0.4, 0.5) is 11.4 Å². The molecule has 0 aromatic heterocycles. The molecule has 0 aliphatic rings. The first-order valence-electron chi connectivity index (χ1n) is 11.2. The van der Waals surface area contributed by atoms with E-state index in [9.17, 15) is 23.2 Å². The van der Waals surface area contributed by atoms with Crippen LogP contribution in [-0.2, 0) is 23.2 Å². The molecule has 0 aliphatic heterocycles. The molecule has 0 bridgehead atoms. The molecule has 4 aromatic carbocycles. The van der Waals surface area contributed by atoms with Crippen molar-refractivity contribution < 1.29 is 32.7 Å². The van der Waals surface area contributed by atoms with Crippen LogP contribution in [0.3, 0.4) is 0 Å². The number of methoxy groups -OCH3 is 2. The van der Waals surface area contributed by atoms with Crippen LogP contribution in [-0.4, -0.2) is 67.0 Å². The third-order valence-electron chi connectivity index (χ3n) is 5.68. The molecular formula is C26H25N4NaO7S. The van der Waals surface area contributed by atoms with Crippen LogP contribution in [0.5, 0.6) is 23.0 Å². The summed E-state index contributed by atoms with van der Waals surface area (Å²) in [5.74, 6) is -0.306.